The fraction of sp³-hybridized carbons (Fsp3) is 0.923. The molecule has 2 atom stereocenters. The average molecular weight is 222 g/mol. The van der Waals surface area contributed by atoms with Gasteiger partial charge in [-0.1, -0.05) is 12.8 Å². The topological polar surface area (TPSA) is 46.3 Å². The molecule has 3 aliphatic rings. The summed E-state index contributed by atoms with van der Waals surface area (Å²) in [7, 11) is 0. The van der Waals surface area contributed by atoms with Gasteiger partial charge in [0.1, 0.15) is 0 Å². The van der Waals surface area contributed by atoms with Gasteiger partial charge in [0.2, 0.25) is 5.91 Å². The predicted molar refractivity (Wildman–Crippen MR) is 62.8 cm³/mol. The fourth-order valence-corrected chi connectivity index (χ4v) is 3.81. The average Bonchev–Trinajstić information content (AvgIpc) is 2.48. The highest BCUT2D eigenvalue weighted by Crippen LogP contribution is 2.45. The van der Waals surface area contributed by atoms with E-state index >= 15 is 0 Å². The van der Waals surface area contributed by atoms with Crippen molar-refractivity contribution in [1.82, 2.24) is 4.90 Å². The van der Waals surface area contributed by atoms with E-state index in [0.717, 1.165) is 31.7 Å². The van der Waals surface area contributed by atoms with E-state index in [1.165, 1.54) is 25.7 Å². The van der Waals surface area contributed by atoms with Crippen molar-refractivity contribution in [2.75, 3.05) is 13.1 Å². The van der Waals surface area contributed by atoms with E-state index in [1.54, 1.807) is 0 Å². The highest BCUT2D eigenvalue weighted by molar-refractivity contribution is 5.81. The molecule has 16 heavy (non-hydrogen) atoms. The van der Waals surface area contributed by atoms with Crippen LogP contribution in [0.1, 0.15) is 44.9 Å². The Hall–Kier alpha value is -0.570. The second-order valence-electron chi connectivity index (χ2n) is 5.97. The Balaban J connectivity index is 1.80. The molecule has 90 valence electrons. The number of carbonyl (C=O) groups is 1. The Kier molecular flexibility index (Phi) is 2.46. The summed E-state index contributed by atoms with van der Waals surface area (Å²) >= 11 is 0. The third kappa shape index (κ3) is 1.41. The molecule has 2 bridgehead atoms. The van der Waals surface area contributed by atoms with Gasteiger partial charge < -0.3 is 10.6 Å². The lowest BCUT2D eigenvalue weighted by Crippen LogP contribution is -2.54. The van der Waals surface area contributed by atoms with Crippen LogP contribution < -0.4 is 5.73 Å². The maximum atomic E-state index is 12.4. The Morgan fingerprint density at radius 1 is 1.31 bits per heavy atom. The second kappa shape index (κ2) is 3.73. The van der Waals surface area contributed by atoms with Crippen LogP contribution in [0.4, 0.5) is 0 Å². The van der Waals surface area contributed by atoms with E-state index in [4.69, 9.17) is 5.73 Å². The smallest absolute Gasteiger partial charge is 0.226 e. The van der Waals surface area contributed by atoms with Gasteiger partial charge in [-0.2, -0.15) is 0 Å². The van der Waals surface area contributed by atoms with Crippen molar-refractivity contribution in [2.24, 2.45) is 17.6 Å². The highest BCUT2D eigenvalue weighted by atomic mass is 16.2. The summed E-state index contributed by atoms with van der Waals surface area (Å²) < 4.78 is 0. The van der Waals surface area contributed by atoms with Crippen LogP contribution >= 0.6 is 0 Å². The van der Waals surface area contributed by atoms with Gasteiger partial charge in [0.15, 0.2) is 0 Å². The van der Waals surface area contributed by atoms with Gasteiger partial charge in [0, 0.05) is 19.0 Å². The third-order valence-corrected chi connectivity index (χ3v) is 5.04. The molecule has 2 unspecified atom stereocenters. The third-order valence-electron chi connectivity index (χ3n) is 5.04. The molecule has 1 saturated heterocycles. The standard InChI is InChI=1S/C13H22N2O/c14-9-13-6-2-3-10(7-13)8-15(13)12(16)11-4-1-5-11/h10-11H,1-9,14H2. The first kappa shape index (κ1) is 10.6. The maximum Gasteiger partial charge on any atom is 0.226 e. The molecule has 0 radical (unpaired) electrons. The Morgan fingerprint density at radius 3 is 2.75 bits per heavy atom. The molecule has 3 rings (SSSR count). The van der Waals surface area contributed by atoms with E-state index in [2.05, 4.69) is 4.90 Å². The number of hydrogen-bond donors (Lipinski definition) is 1. The van der Waals surface area contributed by atoms with E-state index in [9.17, 15) is 4.79 Å². The summed E-state index contributed by atoms with van der Waals surface area (Å²) in [6.07, 6.45) is 8.33. The van der Waals surface area contributed by atoms with Gasteiger partial charge in [-0.25, -0.2) is 0 Å². The first-order chi connectivity index (χ1) is 7.75. The molecule has 1 aliphatic heterocycles. The number of nitrogens with zero attached hydrogens (tertiary/aromatic N) is 1. The van der Waals surface area contributed by atoms with Crippen molar-refractivity contribution in [3.05, 3.63) is 0 Å². The van der Waals surface area contributed by atoms with Crippen molar-refractivity contribution < 1.29 is 4.79 Å². The minimum atomic E-state index is 0.0512. The van der Waals surface area contributed by atoms with Crippen LogP contribution in [-0.2, 0) is 4.79 Å². The molecule has 3 fully saturated rings. The van der Waals surface area contributed by atoms with Crippen LogP contribution in [0.15, 0.2) is 0 Å². The zero-order valence-electron chi connectivity index (χ0n) is 9.95. The van der Waals surface area contributed by atoms with Crippen LogP contribution in [0.3, 0.4) is 0 Å². The van der Waals surface area contributed by atoms with Crippen LogP contribution in [0, 0.1) is 11.8 Å². The van der Waals surface area contributed by atoms with E-state index in [-0.39, 0.29) is 5.54 Å². The van der Waals surface area contributed by atoms with Crippen LogP contribution in [0.5, 0.6) is 0 Å². The SMILES string of the molecule is NCC12CCCC(CN1C(=O)C1CCC1)C2. The van der Waals surface area contributed by atoms with Crippen molar-refractivity contribution in [1.29, 1.82) is 0 Å². The molecular formula is C13H22N2O. The summed E-state index contributed by atoms with van der Waals surface area (Å²) in [4.78, 5) is 14.6. The quantitative estimate of drug-likeness (QED) is 0.770. The van der Waals surface area contributed by atoms with Crippen molar-refractivity contribution in [3.8, 4) is 0 Å². The summed E-state index contributed by atoms with van der Waals surface area (Å²) in [5.41, 5.74) is 6.02. The molecule has 0 spiro atoms. The molecule has 0 aromatic rings. The fourth-order valence-electron chi connectivity index (χ4n) is 3.81. The van der Waals surface area contributed by atoms with Gasteiger partial charge in [0.25, 0.3) is 0 Å². The summed E-state index contributed by atoms with van der Waals surface area (Å²) in [6.45, 7) is 1.66. The molecule has 2 saturated carbocycles. The number of hydrogen-bond acceptors (Lipinski definition) is 2. The Morgan fingerprint density at radius 2 is 2.12 bits per heavy atom. The van der Waals surface area contributed by atoms with Crippen LogP contribution in [0.25, 0.3) is 0 Å². The number of nitrogens with two attached hydrogens (primary N) is 1. The largest absolute Gasteiger partial charge is 0.335 e. The number of amides is 1. The van der Waals surface area contributed by atoms with Crippen molar-refractivity contribution in [3.63, 3.8) is 0 Å². The normalized spacial score (nSPS) is 38.6. The predicted octanol–water partition coefficient (Wildman–Crippen LogP) is 1.52. The minimum absolute atomic E-state index is 0.0512. The molecule has 3 nitrogen and oxygen atoms in total. The van der Waals surface area contributed by atoms with Crippen LogP contribution in [-0.4, -0.2) is 29.4 Å². The molecule has 0 aromatic carbocycles. The summed E-state index contributed by atoms with van der Waals surface area (Å²) in [5, 5.41) is 0. The lowest BCUT2D eigenvalue weighted by Gasteiger charge is -2.41. The van der Waals surface area contributed by atoms with Gasteiger partial charge in [0.05, 0.1) is 5.54 Å². The van der Waals surface area contributed by atoms with E-state index in [1.807, 2.05) is 0 Å². The summed E-state index contributed by atoms with van der Waals surface area (Å²) in [6, 6.07) is 0. The first-order valence-corrected chi connectivity index (χ1v) is 6.77. The van der Waals surface area contributed by atoms with E-state index < -0.39 is 0 Å². The van der Waals surface area contributed by atoms with E-state index in [0.29, 0.717) is 18.4 Å². The van der Waals surface area contributed by atoms with Crippen LogP contribution in [0.2, 0.25) is 0 Å². The monoisotopic (exact) mass is 222 g/mol. The molecule has 3 heteroatoms. The second-order valence-corrected chi connectivity index (χ2v) is 5.97. The molecular weight excluding hydrogens is 200 g/mol. The van der Waals surface area contributed by atoms with Gasteiger partial charge >= 0.3 is 0 Å². The van der Waals surface area contributed by atoms with Crippen molar-refractivity contribution >= 4 is 5.91 Å². The maximum absolute atomic E-state index is 12.4. The zero-order chi connectivity index (χ0) is 11.2. The molecule has 0 aromatic heterocycles. The van der Waals surface area contributed by atoms with Gasteiger partial charge in [-0.3, -0.25) is 4.79 Å². The zero-order valence-corrected chi connectivity index (χ0v) is 9.95. The Bertz CT molecular complexity index is 300. The number of likely N-dealkylation sites (tertiary alicyclic amines) is 1. The highest BCUT2D eigenvalue weighted by Gasteiger charge is 2.50. The first-order valence-electron chi connectivity index (χ1n) is 6.77. The number of fused-ring (bicyclic) bond motifs is 2. The molecule has 2 N–H and O–H groups in total. The molecule has 1 amide bonds. The summed E-state index contributed by atoms with van der Waals surface area (Å²) in [5.74, 6) is 1.49. The van der Waals surface area contributed by atoms with Gasteiger partial charge in [-0.05, 0) is 38.0 Å². The number of rotatable bonds is 2. The minimum Gasteiger partial charge on any atom is -0.335 e. The Labute approximate surface area is 97.4 Å². The van der Waals surface area contributed by atoms with Gasteiger partial charge in [-0.15, -0.1) is 0 Å². The lowest BCUT2D eigenvalue weighted by atomic mass is 9.78. The molecule has 1 heterocycles. The number of carbonyl (C=O) groups excluding carboxylic acids is 1. The molecule has 2 aliphatic carbocycles. The lowest BCUT2D eigenvalue weighted by molar-refractivity contribution is -0.142. The van der Waals surface area contributed by atoms with Crippen molar-refractivity contribution in [2.45, 2.75) is 50.5 Å².